The van der Waals surface area contributed by atoms with Crippen LogP contribution in [0.15, 0.2) is 36.7 Å². The minimum atomic E-state index is -1.09. The highest BCUT2D eigenvalue weighted by atomic mass is 16.4. The molecule has 1 aromatic heterocycles. The molecular weight excluding hydrogens is 254 g/mol. The summed E-state index contributed by atoms with van der Waals surface area (Å²) in [4.78, 5) is 18.8. The lowest BCUT2D eigenvalue weighted by Gasteiger charge is -2.23. The van der Waals surface area contributed by atoms with E-state index in [-0.39, 0.29) is 11.1 Å². The molecule has 5 nitrogen and oxygen atoms in total. The molecule has 1 aromatic carbocycles. The van der Waals surface area contributed by atoms with Gasteiger partial charge in [0.15, 0.2) is 5.69 Å². The summed E-state index contributed by atoms with van der Waals surface area (Å²) in [5, 5.41) is 12.1. The van der Waals surface area contributed by atoms with Gasteiger partial charge in [-0.25, -0.2) is 9.78 Å². The number of carboxylic acids is 1. The molecule has 20 heavy (non-hydrogen) atoms. The maximum atomic E-state index is 10.9. The van der Waals surface area contributed by atoms with Crippen molar-refractivity contribution in [3.63, 3.8) is 0 Å². The van der Waals surface area contributed by atoms with Gasteiger partial charge in [0.25, 0.3) is 0 Å². The quantitative estimate of drug-likeness (QED) is 0.896. The Labute approximate surface area is 117 Å². The Kier molecular flexibility index (Phi) is 3.70. The highest BCUT2D eigenvalue weighted by Crippen LogP contribution is 2.30. The molecule has 0 aliphatic heterocycles. The minimum Gasteiger partial charge on any atom is -0.476 e. The molecule has 2 N–H and O–H groups in total. The Hall–Kier alpha value is -2.43. The summed E-state index contributed by atoms with van der Waals surface area (Å²) >= 11 is 0. The number of rotatable bonds is 3. The van der Waals surface area contributed by atoms with Crippen molar-refractivity contribution in [3.8, 4) is 0 Å². The van der Waals surface area contributed by atoms with Crippen LogP contribution in [0.3, 0.4) is 0 Å². The molecule has 0 saturated carbocycles. The van der Waals surface area contributed by atoms with E-state index < -0.39 is 5.97 Å². The molecule has 5 heteroatoms. The summed E-state index contributed by atoms with van der Waals surface area (Å²) in [6.45, 7) is 6.35. The van der Waals surface area contributed by atoms with E-state index in [0.29, 0.717) is 5.82 Å². The van der Waals surface area contributed by atoms with Gasteiger partial charge in [-0.3, -0.25) is 4.98 Å². The van der Waals surface area contributed by atoms with E-state index in [1.807, 2.05) is 24.3 Å². The van der Waals surface area contributed by atoms with Gasteiger partial charge in [-0.05, 0) is 17.0 Å². The topological polar surface area (TPSA) is 75.1 Å². The normalized spacial score (nSPS) is 11.2. The number of nitrogens with zero attached hydrogens (tertiary/aromatic N) is 2. The Morgan fingerprint density at radius 1 is 1.20 bits per heavy atom. The lowest BCUT2D eigenvalue weighted by atomic mass is 9.86. The first-order valence-corrected chi connectivity index (χ1v) is 6.30. The molecule has 0 atom stereocenters. The van der Waals surface area contributed by atoms with Crippen molar-refractivity contribution in [2.24, 2.45) is 0 Å². The first kappa shape index (κ1) is 14.0. The van der Waals surface area contributed by atoms with Crippen LogP contribution in [0.4, 0.5) is 11.5 Å². The van der Waals surface area contributed by atoms with E-state index in [9.17, 15) is 4.79 Å². The van der Waals surface area contributed by atoms with Crippen LogP contribution in [0.5, 0.6) is 0 Å². The van der Waals surface area contributed by atoms with Crippen LogP contribution in [-0.4, -0.2) is 21.0 Å². The average molecular weight is 271 g/mol. The lowest BCUT2D eigenvalue weighted by Crippen LogP contribution is -2.14. The molecular formula is C15H17N3O2. The number of anilines is 2. The fraction of sp³-hybridized carbons (Fsp3) is 0.267. The Bertz CT molecular complexity index is 633. The molecule has 0 unspecified atom stereocenters. The van der Waals surface area contributed by atoms with E-state index in [2.05, 4.69) is 36.1 Å². The summed E-state index contributed by atoms with van der Waals surface area (Å²) in [7, 11) is 0. The third-order valence-electron chi connectivity index (χ3n) is 2.85. The van der Waals surface area contributed by atoms with Crippen LogP contribution in [0.25, 0.3) is 0 Å². The standard InChI is InChI=1S/C15H17N3O2/c1-15(2,3)10-6-4-5-7-11(10)17-13-9-16-8-12(18-13)14(19)20/h4-9H,1-3H3,(H,17,18)(H,19,20). The van der Waals surface area contributed by atoms with Gasteiger partial charge in [0.1, 0.15) is 5.82 Å². The predicted molar refractivity (Wildman–Crippen MR) is 77.4 cm³/mol. The zero-order chi connectivity index (χ0) is 14.8. The van der Waals surface area contributed by atoms with Crippen LogP contribution in [0.1, 0.15) is 36.8 Å². The van der Waals surface area contributed by atoms with Gasteiger partial charge >= 0.3 is 5.97 Å². The van der Waals surface area contributed by atoms with Gasteiger partial charge < -0.3 is 10.4 Å². The van der Waals surface area contributed by atoms with E-state index in [0.717, 1.165) is 11.3 Å². The molecule has 0 amide bonds. The Morgan fingerprint density at radius 3 is 2.55 bits per heavy atom. The SMILES string of the molecule is CC(C)(C)c1ccccc1Nc1cncc(C(=O)O)n1. The fourth-order valence-corrected chi connectivity index (χ4v) is 1.91. The van der Waals surface area contributed by atoms with Crippen molar-refractivity contribution < 1.29 is 9.90 Å². The van der Waals surface area contributed by atoms with Crippen molar-refractivity contribution >= 4 is 17.5 Å². The number of benzene rings is 1. The van der Waals surface area contributed by atoms with E-state index in [1.54, 1.807) is 0 Å². The van der Waals surface area contributed by atoms with Gasteiger partial charge in [0, 0.05) is 5.69 Å². The highest BCUT2D eigenvalue weighted by Gasteiger charge is 2.17. The van der Waals surface area contributed by atoms with Gasteiger partial charge in [-0.1, -0.05) is 39.0 Å². The second kappa shape index (κ2) is 5.28. The predicted octanol–water partition coefficient (Wildman–Crippen LogP) is 3.22. The molecule has 0 spiro atoms. The Morgan fingerprint density at radius 2 is 1.90 bits per heavy atom. The van der Waals surface area contributed by atoms with E-state index in [4.69, 9.17) is 5.11 Å². The van der Waals surface area contributed by atoms with Crippen molar-refractivity contribution in [1.29, 1.82) is 0 Å². The number of hydrogen-bond acceptors (Lipinski definition) is 4. The fourth-order valence-electron chi connectivity index (χ4n) is 1.91. The third-order valence-corrected chi connectivity index (χ3v) is 2.85. The van der Waals surface area contributed by atoms with Crippen LogP contribution in [0.2, 0.25) is 0 Å². The maximum Gasteiger partial charge on any atom is 0.356 e. The molecule has 2 rings (SSSR count). The number of para-hydroxylation sites is 1. The summed E-state index contributed by atoms with van der Waals surface area (Å²) in [5.41, 5.74) is 1.92. The lowest BCUT2D eigenvalue weighted by molar-refractivity contribution is 0.0690. The van der Waals surface area contributed by atoms with Gasteiger partial charge in [-0.2, -0.15) is 0 Å². The summed E-state index contributed by atoms with van der Waals surface area (Å²) in [6.07, 6.45) is 2.73. The van der Waals surface area contributed by atoms with Crippen LogP contribution in [-0.2, 0) is 5.41 Å². The molecule has 1 heterocycles. The Balaban J connectivity index is 2.36. The molecule has 0 aliphatic carbocycles. The number of nitrogens with one attached hydrogen (secondary N) is 1. The maximum absolute atomic E-state index is 10.9. The first-order chi connectivity index (χ1) is 9.38. The minimum absolute atomic E-state index is 0.0264. The second-order valence-electron chi connectivity index (χ2n) is 5.52. The molecule has 2 aromatic rings. The molecule has 0 aliphatic rings. The smallest absolute Gasteiger partial charge is 0.356 e. The van der Waals surface area contributed by atoms with E-state index in [1.165, 1.54) is 12.4 Å². The zero-order valence-corrected chi connectivity index (χ0v) is 11.7. The molecule has 0 saturated heterocycles. The average Bonchev–Trinajstić information content (AvgIpc) is 2.38. The third kappa shape index (κ3) is 3.12. The van der Waals surface area contributed by atoms with E-state index >= 15 is 0 Å². The number of aromatic nitrogens is 2. The molecule has 0 bridgehead atoms. The summed E-state index contributed by atoms with van der Waals surface area (Å²) < 4.78 is 0. The van der Waals surface area contributed by atoms with Crippen LogP contribution in [0, 0.1) is 0 Å². The molecule has 104 valence electrons. The second-order valence-corrected chi connectivity index (χ2v) is 5.52. The number of carboxylic acid groups (broad SMARTS) is 1. The van der Waals surface area contributed by atoms with Crippen molar-refractivity contribution in [3.05, 3.63) is 47.9 Å². The molecule has 0 radical (unpaired) electrons. The largest absolute Gasteiger partial charge is 0.476 e. The highest BCUT2D eigenvalue weighted by molar-refractivity contribution is 5.85. The molecule has 0 fully saturated rings. The van der Waals surface area contributed by atoms with Crippen LogP contribution < -0.4 is 5.32 Å². The number of aromatic carboxylic acids is 1. The zero-order valence-electron chi connectivity index (χ0n) is 11.7. The summed E-state index contributed by atoms with van der Waals surface area (Å²) in [6, 6.07) is 7.88. The number of carbonyl (C=O) groups is 1. The van der Waals surface area contributed by atoms with Gasteiger partial charge in [-0.15, -0.1) is 0 Å². The van der Waals surface area contributed by atoms with Gasteiger partial charge in [0.05, 0.1) is 12.4 Å². The summed E-state index contributed by atoms with van der Waals surface area (Å²) in [5.74, 6) is -0.674. The van der Waals surface area contributed by atoms with Crippen molar-refractivity contribution in [1.82, 2.24) is 9.97 Å². The first-order valence-electron chi connectivity index (χ1n) is 6.30. The van der Waals surface area contributed by atoms with Crippen molar-refractivity contribution in [2.45, 2.75) is 26.2 Å². The monoisotopic (exact) mass is 271 g/mol. The van der Waals surface area contributed by atoms with Gasteiger partial charge in [0.2, 0.25) is 0 Å². The van der Waals surface area contributed by atoms with Crippen LogP contribution >= 0.6 is 0 Å². The van der Waals surface area contributed by atoms with Crippen molar-refractivity contribution in [2.75, 3.05) is 5.32 Å². The number of hydrogen-bond donors (Lipinski definition) is 2.